The average molecular weight is 389 g/mol. The summed E-state index contributed by atoms with van der Waals surface area (Å²) in [5, 5.41) is 15.3. The van der Waals surface area contributed by atoms with Crippen molar-refractivity contribution in [2.24, 2.45) is 5.41 Å². The first kappa shape index (κ1) is 17.5. The molecule has 3 fully saturated rings. The van der Waals surface area contributed by atoms with Gasteiger partial charge in [-0.2, -0.15) is 0 Å². The Morgan fingerprint density at radius 2 is 2.11 bits per heavy atom. The lowest BCUT2D eigenvalue weighted by molar-refractivity contribution is -0.0215. The number of hydrogen-bond donors (Lipinski definition) is 2. The Balaban J connectivity index is 1.39. The van der Waals surface area contributed by atoms with Gasteiger partial charge in [-0.15, -0.1) is 0 Å². The molecule has 2 saturated carbocycles. The van der Waals surface area contributed by atoms with Gasteiger partial charge in [-0.1, -0.05) is 17.7 Å². The summed E-state index contributed by atoms with van der Waals surface area (Å²) in [5.74, 6) is -0.170. The molecule has 5 nitrogen and oxygen atoms in total. The van der Waals surface area contributed by atoms with Crippen molar-refractivity contribution < 1.29 is 14.6 Å². The van der Waals surface area contributed by atoms with Crippen molar-refractivity contribution in [3.8, 4) is 0 Å². The number of aliphatic hydroxyl groups is 1. The third kappa shape index (κ3) is 3.06. The Hall–Kier alpha value is -1.56. The number of carbonyl (C=O) groups excluding carboxylic acids is 1. The average Bonchev–Trinajstić information content (AvgIpc) is 3.21. The number of rotatable bonds is 4. The zero-order valence-corrected chi connectivity index (χ0v) is 16.1. The van der Waals surface area contributed by atoms with Crippen LogP contribution in [0.3, 0.4) is 0 Å². The van der Waals surface area contributed by atoms with Crippen molar-refractivity contribution in [1.82, 2.24) is 9.88 Å². The summed E-state index contributed by atoms with van der Waals surface area (Å²) in [6.45, 7) is 1.61. The van der Waals surface area contributed by atoms with Crippen LogP contribution in [0.4, 0.5) is 0 Å². The molecule has 1 unspecified atom stereocenters. The van der Waals surface area contributed by atoms with Crippen LogP contribution in [0.5, 0.6) is 0 Å². The molecule has 2 aliphatic carbocycles. The molecule has 1 amide bonds. The van der Waals surface area contributed by atoms with Gasteiger partial charge in [0.25, 0.3) is 5.91 Å². The Kier molecular flexibility index (Phi) is 4.04. The molecule has 2 aromatic rings. The first-order valence-corrected chi connectivity index (χ1v) is 10.2. The van der Waals surface area contributed by atoms with Gasteiger partial charge in [0.1, 0.15) is 0 Å². The zero-order chi connectivity index (χ0) is 18.6. The van der Waals surface area contributed by atoms with Gasteiger partial charge < -0.3 is 19.7 Å². The minimum Gasteiger partial charge on any atom is -0.388 e. The van der Waals surface area contributed by atoms with E-state index in [1.807, 2.05) is 24.4 Å². The van der Waals surface area contributed by atoms with E-state index < -0.39 is 5.60 Å². The summed E-state index contributed by atoms with van der Waals surface area (Å²) >= 11 is 6.43. The molecule has 27 heavy (non-hydrogen) atoms. The molecule has 1 aromatic carbocycles. The fourth-order valence-electron chi connectivity index (χ4n) is 4.89. The van der Waals surface area contributed by atoms with Crippen molar-refractivity contribution in [2.75, 3.05) is 19.8 Å². The van der Waals surface area contributed by atoms with Crippen LogP contribution in [0.25, 0.3) is 10.9 Å². The Labute approximate surface area is 163 Å². The molecule has 144 valence electrons. The molecule has 1 spiro atoms. The molecule has 2 heterocycles. The second-order valence-corrected chi connectivity index (χ2v) is 9.12. The highest BCUT2D eigenvalue weighted by molar-refractivity contribution is 6.36. The topological polar surface area (TPSA) is 63.5 Å². The molecule has 0 radical (unpaired) electrons. The SMILES string of the molecule is O=C(NCC1(O)CCCC2(CC2)C1)c1cn(C2COC2)c2cccc(Cl)c12. The molecule has 6 heteroatoms. The lowest BCUT2D eigenvalue weighted by Gasteiger charge is -2.37. The summed E-state index contributed by atoms with van der Waals surface area (Å²) in [6.07, 6.45) is 8.14. The minimum atomic E-state index is -0.783. The molecule has 1 aliphatic heterocycles. The summed E-state index contributed by atoms with van der Waals surface area (Å²) in [4.78, 5) is 13.0. The van der Waals surface area contributed by atoms with E-state index in [1.165, 1.54) is 19.3 Å². The molecule has 1 aromatic heterocycles. The smallest absolute Gasteiger partial charge is 0.253 e. The quantitative estimate of drug-likeness (QED) is 0.839. The monoisotopic (exact) mass is 388 g/mol. The Bertz CT molecular complexity index is 900. The van der Waals surface area contributed by atoms with Crippen LogP contribution in [0.15, 0.2) is 24.4 Å². The maximum Gasteiger partial charge on any atom is 0.253 e. The standard InChI is InChI=1S/C21H25ClN2O3/c22-16-3-1-4-17-18(16)15(9-24(17)14-10-27-11-14)19(25)23-13-21(26)6-2-5-20(12-21)7-8-20/h1,3-4,9,14,26H,2,5-8,10-13H2,(H,23,25). The number of fused-ring (bicyclic) bond motifs is 1. The normalized spacial score (nSPS) is 26.9. The fraction of sp³-hybridized carbons (Fsp3) is 0.571. The maximum absolute atomic E-state index is 13.0. The van der Waals surface area contributed by atoms with Crippen molar-refractivity contribution >= 4 is 28.4 Å². The first-order chi connectivity index (χ1) is 13.0. The number of nitrogens with zero attached hydrogens (tertiary/aromatic N) is 1. The van der Waals surface area contributed by atoms with Crippen LogP contribution in [0.2, 0.25) is 5.02 Å². The number of ether oxygens (including phenoxy) is 1. The van der Waals surface area contributed by atoms with E-state index in [-0.39, 0.29) is 11.9 Å². The van der Waals surface area contributed by atoms with Crippen molar-refractivity contribution in [1.29, 1.82) is 0 Å². The van der Waals surface area contributed by atoms with Gasteiger partial charge in [-0.25, -0.2) is 0 Å². The molecule has 3 aliphatic rings. The number of hydrogen-bond acceptors (Lipinski definition) is 3. The van der Waals surface area contributed by atoms with Crippen LogP contribution >= 0.6 is 11.6 Å². The third-order valence-corrected chi connectivity index (χ3v) is 6.97. The number of amides is 1. The van der Waals surface area contributed by atoms with Gasteiger partial charge in [-0.05, 0) is 56.1 Å². The lowest BCUT2D eigenvalue weighted by Crippen LogP contribution is -2.46. The molecular weight excluding hydrogens is 364 g/mol. The summed E-state index contributed by atoms with van der Waals surface area (Å²) in [7, 11) is 0. The maximum atomic E-state index is 13.0. The Morgan fingerprint density at radius 3 is 2.81 bits per heavy atom. The molecule has 0 bridgehead atoms. The fourth-order valence-corrected chi connectivity index (χ4v) is 5.16. The number of halogens is 1. The van der Waals surface area contributed by atoms with Gasteiger partial charge in [0.2, 0.25) is 0 Å². The molecule has 1 atom stereocenters. The lowest BCUT2D eigenvalue weighted by atomic mass is 9.76. The number of aromatic nitrogens is 1. The second-order valence-electron chi connectivity index (χ2n) is 8.71. The highest BCUT2D eigenvalue weighted by atomic mass is 35.5. The minimum absolute atomic E-state index is 0.170. The van der Waals surface area contributed by atoms with Crippen molar-refractivity contribution in [3.63, 3.8) is 0 Å². The predicted molar refractivity (Wildman–Crippen MR) is 104 cm³/mol. The molecule has 2 N–H and O–H groups in total. The first-order valence-electron chi connectivity index (χ1n) is 9.86. The van der Waals surface area contributed by atoms with Gasteiger partial charge >= 0.3 is 0 Å². The van der Waals surface area contributed by atoms with Crippen LogP contribution < -0.4 is 5.32 Å². The Morgan fingerprint density at radius 1 is 1.30 bits per heavy atom. The van der Waals surface area contributed by atoms with Gasteiger partial charge in [0.15, 0.2) is 0 Å². The zero-order valence-electron chi connectivity index (χ0n) is 15.3. The van der Waals surface area contributed by atoms with Gasteiger partial charge in [-0.3, -0.25) is 4.79 Å². The van der Waals surface area contributed by atoms with E-state index in [2.05, 4.69) is 9.88 Å². The van der Waals surface area contributed by atoms with Crippen molar-refractivity contribution in [2.45, 2.75) is 50.2 Å². The highest BCUT2D eigenvalue weighted by Crippen LogP contribution is 2.58. The van der Waals surface area contributed by atoms with Crippen LogP contribution in [-0.4, -0.2) is 40.9 Å². The highest BCUT2D eigenvalue weighted by Gasteiger charge is 2.50. The molecule has 5 rings (SSSR count). The largest absolute Gasteiger partial charge is 0.388 e. The van der Waals surface area contributed by atoms with Crippen LogP contribution in [0.1, 0.15) is 54.9 Å². The van der Waals surface area contributed by atoms with Crippen LogP contribution in [0, 0.1) is 5.41 Å². The number of benzene rings is 1. The summed E-state index contributed by atoms with van der Waals surface area (Å²) in [5.41, 5.74) is 1.09. The number of nitrogens with one attached hydrogen (secondary N) is 1. The second kappa shape index (κ2) is 6.23. The van der Waals surface area contributed by atoms with Crippen LogP contribution in [-0.2, 0) is 4.74 Å². The van der Waals surface area contributed by atoms with Crippen molar-refractivity contribution in [3.05, 3.63) is 35.0 Å². The predicted octanol–water partition coefficient (Wildman–Crippen LogP) is 3.68. The third-order valence-electron chi connectivity index (χ3n) is 6.65. The summed E-state index contributed by atoms with van der Waals surface area (Å²) in [6, 6.07) is 5.95. The van der Waals surface area contributed by atoms with Gasteiger partial charge in [0, 0.05) is 18.1 Å². The number of carbonyl (C=O) groups is 1. The van der Waals surface area contributed by atoms with E-state index >= 15 is 0 Å². The molecule has 1 saturated heterocycles. The van der Waals surface area contributed by atoms with E-state index in [4.69, 9.17) is 16.3 Å². The van der Waals surface area contributed by atoms with E-state index in [0.29, 0.717) is 35.8 Å². The van der Waals surface area contributed by atoms with E-state index in [1.54, 1.807) is 0 Å². The van der Waals surface area contributed by atoms with E-state index in [9.17, 15) is 9.90 Å². The van der Waals surface area contributed by atoms with Gasteiger partial charge in [0.05, 0.1) is 41.0 Å². The van der Waals surface area contributed by atoms with E-state index in [0.717, 1.165) is 30.2 Å². The summed E-state index contributed by atoms with van der Waals surface area (Å²) < 4.78 is 7.41. The molecular formula is C21H25ClN2O3.